The topological polar surface area (TPSA) is 47.7 Å². The lowest BCUT2D eigenvalue weighted by atomic mass is 9.95. The molecule has 5 heteroatoms. The summed E-state index contributed by atoms with van der Waals surface area (Å²) in [6.07, 6.45) is 4.88. The van der Waals surface area contributed by atoms with Crippen LogP contribution in [-0.4, -0.2) is 19.4 Å². The van der Waals surface area contributed by atoms with E-state index in [-0.39, 0.29) is 12.1 Å². The standard InChI is InChI=1S/C15H19FN2O2/c16-13-9-11(10-17)1-2-14(13)18-5-3-12(4-6-18)15-19-7-8-20-15/h1-2,7-9,12,15H,3-6,10,17H2. The number of halogens is 1. The minimum atomic E-state index is -0.193. The van der Waals surface area contributed by atoms with E-state index in [9.17, 15) is 4.39 Å². The van der Waals surface area contributed by atoms with Crippen LogP contribution < -0.4 is 10.6 Å². The minimum Gasteiger partial charge on any atom is -0.459 e. The number of anilines is 1. The smallest absolute Gasteiger partial charge is 0.242 e. The Balaban J connectivity index is 1.62. The first kappa shape index (κ1) is 13.2. The number of hydrogen-bond acceptors (Lipinski definition) is 4. The van der Waals surface area contributed by atoms with Crippen molar-refractivity contribution in [3.63, 3.8) is 0 Å². The van der Waals surface area contributed by atoms with E-state index in [1.165, 1.54) is 6.07 Å². The van der Waals surface area contributed by atoms with Crippen molar-refractivity contribution in [2.75, 3.05) is 18.0 Å². The molecule has 0 radical (unpaired) electrons. The van der Waals surface area contributed by atoms with Crippen molar-refractivity contribution in [3.8, 4) is 0 Å². The molecule has 4 nitrogen and oxygen atoms in total. The minimum absolute atomic E-state index is 0.165. The van der Waals surface area contributed by atoms with Crippen LogP contribution in [-0.2, 0) is 16.0 Å². The number of nitrogens with zero attached hydrogens (tertiary/aromatic N) is 1. The molecule has 0 aromatic heterocycles. The summed E-state index contributed by atoms with van der Waals surface area (Å²) < 4.78 is 24.8. The van der Waals surface area contributed by atoms with Crippen LogP contribution >= 0.6 is 0 Å². The Labute approximate surface area is 118 Å². The van der Waals surface area contributed by atoms with Gasteiger partial charge in [-0.2, -0.15) is 0 Å². The van der Waals surface area contributed by atoms with Gasteiger partial charge in [0, 0.05) is 25.6 Å². The maximum Gasteiger partial charge on any atom is 0.242 e. The van der Waals surface area contributed by atoms with Gasteiger partial charge in [-0.3, -0.25) is 0 Å². The van der Waals surface area contributed by atoms with E-state index in [1.807, 2.05) is 12.1 Å². The molecule has 0 spiro atoms. The van der Waals surface area contributed by atoms with Crippen LogP contribution in [0.5, 0.6) is 0 Å². The monoisotopic (exact) mass is 278 g/mol. The highest BCUT2D eigenvalue weighted by Gasteiger charge is 2.30. The van der Waals surface area contributed by atoms with Gasteiger partial charge in [0.1, 0.15) is 18.3 Å². The number of hydrogen-bond donors (Lipinski definition) is 1. The van der Waals surface area contributed by atoms with E-state index in [1.54, 1.807) is 12.5 Å². The van der Waals surface area contributed by atoms with E-state index < -0.39 is 0 Å². The Bertz CT molecular complexity index is 491. The van der Waals surface area contributed by atoms with Gasteiger partial charge in [0.2, 0.25) is 6.29 Å². The molecule has 1 aromatic rings. The lowest BCUT2D eigenvalue weighted by molar-refractivity contribution is -0.0728. The lowest BCUT2D eigenvalue weighted by Crippen LogP contribution is -2.38. The number of ether oxygens (including phenoxy) is 2. The molecule has 0 atom stereocenters. The van der Waals surface area contributed by atoms with Crippen LogP contribution in [0, 0.1) is 11.7 Å². The molecule has 2 aliphatic heterocycles. The second kappa shape index (κ2) is 5.71. The first-order valence-corrected chi connectivity index (χ1v) is 6.97. The van der Waals surface area contributed by atoms with E-state index in [2.05, 4.69) is 4.90 Å². The molecular formula is C15H19FN2O2. The number of piperidine rings is 1. The quantitative estimate of drug-likeness (QED) is 0.922. The molecule has 1 saturated heterocycles. The van der Waals surface area contributed by atoms with Gasteiger partial charge in [-0.1, -0.05) is 6.07 Å². The van der Waals surface area contributed by atoms with Gasteiger partial charge in [0.05, 0.1) is 5.69 Å². The molecule has 0 unspecified atom stereocenters. The van der Waals surface area contributed by atoms with E-state index in [4.69, 9.17) is 15.2 Å². The molecule has 1 fully saturated rings. The highest BCUT2D eigenvalue weighted by molar-refractivity contribution is 5.49. The number of nitrogens with two attached hydrogens (primary N) is 1. The average Bonchev–Trinajstić information content (AvgIpc) is 3.01. The molecule has 20 heavy (non-hydrogen) atoms. The second-order valence-corrected chi connectivity index (χ2v) is 5.23. The molecule has 0 saturated carbocycles. The summed E-state index contributed by atoms with van der Waals surface area (Å²) in [6, 6.07) is 5.23. The maximum atomic E-state index is 14.1. The summed E-state index contributed by atoms with van der Waals surface area (Å²) in [5.74, 6) is 0.175. The summed E-state index contributed by atoms with van der Waals surface area (Å²) in [6.45, 7) is 1.99. The third kappa shape index (κ3) is 2.58. The van der Waals surface area contributed by atoms with Crippen molar-refractivity contribution in [2.45, 2.75) is 25.7 Å². The molecule has 108 valence electrons. The molecule has 2 aliphatic rings. The Morgan fingerprint density at radius 2 is 1.90 bits per heavy atom. The summed E-state index contributed by atoms with van der Waals surface area (Å²) >= 11 is 0. The zero-order valence-electron chi connectivity index (χ0n) is 11.3. The molecule has 2 heterocycles. The Kier molecular flexibility index (Phi) is 3.78. The molecule has 0 bridgehead atoms. The van der Waals surface area contributed by atoms with Crippen LogP contribution in [0.3, 0.4) is 0 Å². The van der Waals surface area contributed by atoms with Crippen molar-refractivity contribution in [1.29, 1.82) is 0 Å². The maximum absolute atomic E-state index is 14.1. The van der Waals surface area contributed by atoms with Crippen LogP contribution in [0.15, 0.2) is 30.7 Å². The largest absolute Gasteiger partial charge is 0.459 e. The molecule has 0 amide bonds. The SMILES string of the molecule is NCc1ccc(N2CCC(C3OC=CO3)CC2)c(F)c1. The summed E-state index contributed by atoms with van der Waals surface area (Å²) in [7, 11) is 0. The van der Waals surface area contributed by atoms with E-state index in [0.29, 0.717) is 18.2 Å². The highest BCUT2D eigenvalue weighted by atomic mass is 19.1. The zero-order valence-corrected chi connectivity index (χ0v) is 11.3. The van der Waals surface area contributed by atoms with Crippen LogP contribution in [0.2, 0.25) is 0 Å². The van der Waals surface area contributed by atoms with Crippen molar-refractivity contribution in [1.82, 2.24) is 0 Å². The summed E-state index contributed by atoms with van der Waals surface area (Å²) in [4.78, 5) is 2.08. The third-order valence-electron chi connectivity index (χ3n) is 3.99. The normalized spacial score (nSPS) is 20.0. The summed E-state index contributed by atoms with van der Waals surface area (Å²) in [5, 5.41) is 0. The number of rotatable bonds is 3. The lowest BCUT2D eigenvalue weighted by Gasteiger charge is -2.35. The van der Waals surface area contributed by atoms with Gasteiger partial charge < -0.3 is 20.1 Å². The average molecular weight is 278 g/mol. The predicted molar refractivity (Wildman–Crippen MR) is 74.3 cm³/mol. The number of benzene rings is 1. The van der Waals surface area contributed by atoms with E-state index >= 15 is 0 Å². The Morgan fingerprint density at radius 3 is 2.50 bits per heavy atom. The fourth-order valence-electron chi connectivity index (χ4n) is 2.82. The molecule has 2 N–H and O–H groups in total. The van der Waals surface area contributed by atoms with Gasteiger partial charge in [-0.05, 0) is 30.5 Å². The van der Waals surface area contributed by atoms with Crippen molar-refractivity contribution >= 4 is 5.69 Å². The Hall–Kier alpha value is -1.75. The van der Waals surface area contributed by atoms with Gasteiger partial charge >= 0.3 is 0 Å². The Morgan fingerprint density at radius 1 is 1.20 bits per heavy atom. The molecule has 1 aromatic carbocycles. The second-order valence-electron chi connectivity index (χ2n) is 5.23. The van der Waals surface area contributed by atoms with Gasteiger partial charge in [0.25, 0.3) is 0 Å². The van der Waals surface area contributed by atoms with Gasteiger partial charge in [0.15, 0.2) is 0 Å². The predicted octanol–water partition coefficient (Wildman–Crippen LogP) is 2.34. The zero-order chi connectivity index (χ0) is 13.9. The highest BCUT2D eigenvalue weighted by Crippen LogP contribution is 2.30. The first-order valence-electron chi connectivity index (χ1n) is 6.97. The molecule has 3 rings (SSSR count). The molecular weight excluding hydrogens is 259 g/mol. The van der Waals surface area contributed by atoms with Crippen molar-refractivity contribution in [3.05, 3.63) is 42.1 Å². The van der Waals surface area contributed by atoms with Gasteiger partial charge in [-0.15, -0.1) is 0 Å². The molecule has 0 aliphatic carbocycles. The van der Waals surface area contributed by atoms with Crippen LogP contribution in [0.25, 0.3) is 0 Å². The fourth-order valence-corrected chi connectivity index (χ4v) is 2.82. The van der Waals surface area contributed by atoms with Gasteiger partial charge in [-0.25, -0.2) is 4.39 Å². The van der Waals surface area contributed by atoms with Crippen molar-refractivity contribution in [2.24, 2.45) is 11.7 Å². The van der Waals surface area contributed by atoms with Crippen LogP contribution in [0.4, 0.5) is 10.1 Å². The first-order chi connectivity index (χ1) is 9.78. The third-order valence-corrected chi connectivity index (χ3v) is 3.99. The summed E-state index contributed by atoms with van der Waals surface area (Å²) in [5.41, 5.74) is 7.00. The fraction of sp³-hybridized carbons (Fsp3) is 0.467. The van der Waals surface area contributed by atoms with Crippen LogP contribution in [0.1, 0.15) is 18.4 Å². The van der Waals surface area contributed by atoms with Crippen molar-refractivity contribution < 1.29 is 13.9 Å². The van der Waals surface area contributed by atoms with E-state index in [0.717, 1.165) is 31.5 Å².